The molecule has 288 valence electrons. The Morgan fingerprint density at radius 1 is 0.164 bits per heavy atom. The fraction of sp³-hybridized carbons (Fsp3) is 0. The van der Waals surface area contributed by atoms with Crippen molar-refractivity contribution in [2.75, 3.05) is 4.90 Å². The minimum Gasteiger partial charge on any atom is -0.310 e. The van der Waals surface area contributed by atoms with Gasteiger partial charge in [0.1, 0.15) is 0 Å². The molecule has 0 bridgehead atoms. The van der Waals surface area contributed by atoms with Crippen molar-refractivity contribution < 1.29 is 0 Å². The van der Waals surface area contributed by atoms with E-state index in [4.69, 9.17) is 0 Å². The van der Waals surface area contributed by atoms with Gasteiger partial charge in [-0.3, -0.25) is 0 Å². The minimum atomic E-state index is 1.07. The normalized spacial score (nSPS) is 11.0. The Bertz CT molecular complexity index is 2770. The number of rotatable bonds is 10. The van der Waals surface area contributed by atoms with E-state index in [2.05, 4.69) is 266 Å². The number of benzene rings is 10. The maximum atomic E-state index is 2.43. The maximum Gasteiger partial charge on any atom is 0.0473 e. The Hall–Kier alpha value is -8.00. The van der Waals surface area contributed by atoms with Crippen molar-refractivity contribution in [3.63, 3.8) is 0 Å². The van der Waals surface area contributed by atoms with Crippen molar-refractivity contribution in [1.29, 1.82) is 0 Å². The van der Waals surface area contributed by atoms with E-state index >= 15 is 0 Å². The van der Waals surface area contributed by atoms with E-state index in [1.54, 1.807) is 0 Å². The van der Waals surface area contributed by atoms with E-state index in [1.165, 1.54) is 50.1 Å². The van der Waals surface area contributed by atoms with Crippen molar-refractivity contribution in [2.45, 2.75) is 0 Å². The zero-order valence-electron chi connectivity index (χ0n) is 33.8. The summed E-state index contributed by atoms with van der Waals surface area (Å²) in [5.41, 5.74) is 19.7. The summed E-state index contributed by atoms with van der Waals surface area (Å²) in [7, 11) is 0. The molecule has 0 amide bonds. The van der Waals surface area contributed by atoms with Crippen molar-refractivity contribution >= 4 is 17.1 Å². The highest BCUT2D eigenvalue weighted by Gasteiger charge is 2.19. The van der Waals surface area contributed by atoms with Gasteiger partial charge in [-0.05, 0) is 132 Å². The molecular weight excluding hydrogens is 735 g/mol. The Morgan fingerprint density at radius 3 is 0.820 bits per heavy atom. The van der Waals surface area contributed by atoms with Crippen LogP contribution in [0.1, 0.15) is 0 Å². The molecule has 10 aromatic carbocycles. The Labute approximate surface area is 359 Å². The van der Waals surface area contributed by atoms with Gasteiger partial charge in [0.2, 0.25) is 0 Å². The highest BCUT2D eigenvalue weighted by molar-refractivity contribution is 5.91. The molecule has 0 fully saturated rings. The molecule has 0 aliphatic heterocycles. The average molecular weight is 778 g/mol. The number of nitrogens with zero attached hydrogens (tertiary/aromatic N) is 1. The highest BCUT2D eigenvalue weighted by atomic mass is 15.1. The van der Waals surface area contributed by atoms with Gasteiger partial charge in [-0.25, -0.2) is 0 Å². The third-order valence-corrected chi connectivity index (χ3v) is 11.4. The second-order valence-electron chi connectivity index (χ2n) is 15.4. The summed E-state index contributed by atoms with van der Waals surface area (Å²) in [4.78, 5) is 2.43. The zero-order chi connectivity index (χ0) is 40.8. The van der Waals surface area contributed by atoms with E-state index in [1.807, 2.05) is 0 Å². The van der Waals surface area contributed by atoms with Crippen molar-refractivity contribution in [3.8, 4) is 77.9 Å². The SMILES string of the molecule is c1ccc(-c2cc(-c3ccccc3)cc(N(c3ccc(-c4cc(-c5ccccc5)ccc4-c4ccccc4)cc3)c3cc(-c4ccccc4)cc(-c4ccccc4)c3)c2)cc1. The van der Waals surface area contributed by atoms with Crippen LogP contribution in [-0.4, -0.2) is 0 Å². The van der Waals surface area contributed by atoms with Crippen LogP contribution in [0.2, 0.25) is 0 Å². The first kappa shape index (κ1) is 37.3. The predicted molar refractivity (Wildman–Crippen MR) is 259 cm³/mol. The van der Waals surface area contributed by atoms with Gasteiger partial charge in [-0.1, -0.05) is 206 Å². The third kappa shape index (κ3) is 8.06. The summed E-state index contributed by atoms with van der Waals surface area (Å²) in [5, 5.41) is 0. The Kier molecular flexibility index (Phi) is 10.4. The minimum absolute atomic E-state index is 1.07. The summed E-state index contributed by atoms with van der Waals surface area (Å²) in [6.45, 7) is 0. The molecule has 0 spiro atoms. The Morgan fingerprint density at radius 2 is 0.459 bits per heavy atom. The first-order valence-corrected chi connectivity index (χ1v) is 20.9. The average Bonchev–Trinajstić information content (AvgIpc) is 3.35. The van der Waals surface area contributed by atoms with Crippen LogP contribution in [0.15, 0.2) is 261 Å². The number of hydrogen-bond donors (Lipinski definition) is 0. The van der Waals surface area contributed by atoms with Gasteiger partial charge in [0.15, 0.2) is 0 Å². The summed E-state index contributed by atoms with van der Waals surface area (Å²) in [6.07, 6.45) is 0. The van der Waals surface area contributed by atoms with Crippen LogP contribution in [0, 0.1) is 0 Å². The number of hydrogen-bond acceptors (Lipinski definition) is 1. The molecule has 0 saturated carbocycles. The van der Waals surface area contributed by atoms with E-state index < -0.39 is 0 Å². The molecule has 0 aliphatic carbocycles. The van der Waals surface area contributed by atoms with E-state index in [-0.39, 0.29) is 0 Å². The number of anilines is 3. The quantitative estimate of drug-likeness (QED) is 0.134. The maximum absolute atomic E-state index is 2.43. The lowest BCUT2D eigenvalue weighted by Gasteiger charge is -2.28. The molecule has 61 heavy (non-hydrogen) atoms. The third-order valence-electron chi connectivity index (χ3n) is 11.4. The van der Waals surface area contributed by atoms with Crippen LogP contribution < -0.4 is 4.90 Å². The first-order valence-electron chi connectivity index (χ1n) is 20.9. The molecule has 0 atom stereocenters. The van der Waals surface area contributed by atoms with E-state index in [9.17, 15) is 0 Å². The molecule has 0 N–H and O–H groups in total. The molecule has 0 heterocycles. The molecule has 1 nitrogen and oxygen atoms in total. The lowest BCUT2D eigenvalue weighted by molar-refractivity contribution is 1.28. The van der Waals surface area contributed by atoms with Crippen LogP contribution in [0.25, 0.3) is 77.9 Å². The largest absolute Gasteiger partial charge is 0.310 e. The van der Waals surface area contributed by atoms with Crippen molar-refractivity contribution in [1.82, 2.24) is 0 Å². The molecule has 0 unspecified atom stereocenters. The molecule has 0 aromatic heterocycles. The van der Waals surface area contributed by atoms with Crippen LogP contribution in [0.4, 0.5) is 17.1 Å². The summed E-state index contributed by atoms with van der Waals surface area (Å²) in [5.74, 6) is 0. The first-order chi connectivity index (χ1) is 30.2. The van der Waals surface area contributed by atoms with Gasteiger partial charge in [-0.2, -0.15) is 0 Å². The fourth-order valence-electron chi connectivity index (χ4n) is 8.37. The molecular formula is C60H43N. The van der Waals surface area contributed by atoms with Crippen molar-refractivity contribution in [2.24, 2.45) is 0 Å². The van der Waals surface area contributed by atoms with Crippen molar-refractivity contribution in [3.05, 3.63) is 261 Å². The van der Waals surface area contributed by atoms with E-state index in [0.29, 0.717) is 0 Å². The van der Waals surface area contributed by atoms with Crippen LogP contribution >= 0.6 is 0 Å². The highest BCUT2D eigenvalue weighted by Crippen LogP contribution is 2.44. The monoisotopic (exact) mass is 777 g/mol. The van der Waals surface area contributed by atoms with Gasteiger partial charge in [0, 0.05) is 17.1 Å². The van der Waals surface area contributed by atoms with Gasteiger partial charge >= 0.3 is 0 Å². The molecule has 10 aromatic rings. The Balaban J connectivity index is 1.19. The smallest absolute Gasteiger partial charge is 0.0473 e. The van der Waals surface area contributed by atoms with Gasteiger partial charge in [0.25, 0.3) is 0 Å². The lowest BCUT2D eigenvalue weighted by Crippen LogP contribution is -2.11. The zero-order valence-corrected chi connectivity index (χ0v) is 33.8. The van der Waals surface area contributed by atoms with E-state index in [0.717, 1.165) is 44.9 Å². The lowest BCUT2D eigenvalue weighted by atomic mass is 9.91. The van der Waals surface area contributed by atoms with Crippen LogP contribution in [-0.2, 0) is 0 Å². The molecule has 0 saturated heterocycles. The molecule has 10 rings (SSSR count). The van der Waals surface area contributed by atoms with Gasteiger partial charge < -0.3 is 4.90 Å². The van der Waals surface area contributed by atoms with Crippen LogP contribution in [0.5, 0.6) is 0 Å². The summed E-state index contributed by atoms with van der Waals surface area (Å²) < 4.78 is 0. The fourth-order valence-corrected chi connectivity index (χ4v) is 8.37. The topological polar surface area (TPSA) is 3.24 Å². The predicted octanol–water partition coefficient (Wildman–Crippen LogP) is 16.8. The molecule has 0 aliphatic rings. The van der Waals surface area contributed by atoms with Crippen LogP contribution in [0.3, 0.4) is 0 Å². The van der Waals surface area contributed by atoms with Gasteiger partial charge in [0.05, 0.1) is 0 Å². The second kappa shape index (κ2) is 17.1. The molecule has 1 heteroatoms. The standard InChI is InChI=1S/C60H43N/c1-7-19-44(20-8-1)51-33-36-59(49-29-17-6-18-30-49)60(43-51)50-31-34-56(35-32-50)61(57-39-52(45-21-9-2-10-22-45)37-53(40-57)46-23-11-3-12-24-46)58-41-54(47-25-13-4-14-26-47)38-55(42-58)48-27-15-5-16-28-48/h1-43H. The molecule has 0 radical (unpaired) electrons. The second-order valence-corrected chi connectivity index (χ2v) is 15.4. The van der Waals surface area contributed by atoms with Gasteiger partial charge in [-0.15, -0.1) is 0 Å². The summed E-state index contributed by atoms with van der Waals surface area (Å²) in [6, 6.07) is 94.2. The summed E-state index contributed by atoms with van der Waals surface area (Å²) >= 11 is 0.